The number of rotatable bonds is 3. The van der Waals surface area contributed by atoms with E-state index in [0.29, 0.717) is 11.7 Å². The van der Waals surface area contributed by atoms with Crippen LogP contribution in [0.3, 0.4) is 0 Å². The lowest BCUT2D eigenvalue weighted by Gasteiger charge is -2.26. The van der Waals surface area contributed by atoms with Crippen LogP contribution in [0.2, 0.25) is 0 Å². The van der Waals surface area contributed by atoms with Gasteiger partial charge >= 0.3 is 0 Å². The van der Waals surface area contributed by atoms with Crippen molar-refractivity contribution in [2.75, 3.05) is 12.4 Å². The number of hydrogen-bond donors (Lipinski definition) is 2. The molecule has 2 atom stereocenters. The highest BCUT2D eigenvalue weighted by molar-refractivity contribution is 6.08. The molecule has 1 aliphatic rings. The fraction of sp³-hybridized carbons (Fsp3) is 0.136. The molecule has 0 spiro atoms. The van der Waals surface area contributed by atoms with Gasteiger partial charge in [0.05, 0.1) is 13.2 Å². The largest absolute Gasteiger partial charge is 0.497 e. The summed E-state index contributed by atoms with van der Waals surface area (Å²) in [5.41, 5.74) is 1.58. The van der Waals surface area contributed by atoms with E-state index < -0.39 is 12.0 Å². The average molecular weight is 370 g/mol. The van der Waals surface area contributed by atoms with Gasteiger partial charge in [-0.2, -0.15) is 5.26 Å². The first-order valence-electron chi connectivity index (χ1n) is 8.86. The molecule has 0 aromatic heterocycles. The minimum absolute atomic E-state index is 0.326. The van der Waals surface area contributed by atoms with Gasteiger partial charge in [0.2, 0.25) is 11.9 Å². The molecule has 6 nitrogen and oxygen atoms in total. The molecule has 0 saturated heterocycles. The molecule has 138 valence electrons. The van der Waals surface area contributed by atoms with Gasteiger partial charge in [0, 0.05) is 5.69 Å². The maximum atomic E-state index is 12.5. The van der Waals surface area contributed by atoms with Crippen molar-refractivity contribution in [2.24, 2.45) is 10.9 Å². The number of amides is 1. The van der Waals surface area contributed by atoms with Crippen molar-refractivity contribution < 1.29 is 9.53 Å². The highest BCUT2D eigenvalue weighted by atomic mass is 16.5. The Morgan fingerprint density at radius 2 is 1.82 bits per heavy atom. The molecule has 3 aromatic carbocycles. The van der Waals surface area contributed by atoms with Crippen LogP contribution in [0, 0.1) is 17.2 Å². The van der Waals surface area contributed by atoms with E-state index in [4.69, 9.17) is 4.74 Å². The maximum absolute atomic E-state index is 12.5. The zero-order valence-corrected chi connectivity index (χ0v) is 15.2. The van der Waals surface area contributed by atoms with E-state index in [1.165, 1.54) is 0 Å². The van der Waals surface area contributed by atoms with Crippen LogP contribution in [0.25, 0.3) is 10.8 Å². The zero-order chi connectivity index (χ0) is 19.5. The smallest absolute Gasteiger partial charge is 0.246 e. The van der Waals surface area contributed by atoms with Gasteiger partial charge in [-0.1, -0.05) is 42.5 Å². The number of aliphatic imine (C=N–C) groups is 1. The summed E-state index contributed by atoms with van der Waals surface area (Å²) in [6, 6.07) is 22.6. The SMILES string of the molecule is COc1ccc(C2N=C(Nc3ccc4ccccc4c3)NC(=O)C2C#N)cc1. The summed E-state index contributed by atoms with van der Waals surface area (Å²) in [6.45, 7) is 0. The number of carbonyl (C=O) groups is 1. The zero-order valence-electron chi connectivity index (χ0n) is 15.2. The standard InChI is InChI=1S/C22H18N4O2/c1-28-18-10-7-15(8-11-18)20-19(13-23)21(27)26-22(25-20)24-17-9-6-14-4-2-3-5-16(14)12-17/h2-12,19-20H,1H3,(H2,24,25,26,27). The molecule has 3 aromatic rings. The third kappa shape index (κ3) is 3.38. The molecule has 1 aliphatic heterocycles. The second-order valence-corrected chi connectivity index (χ2v) is 6.48. The normalized spacial score (nSPS) is 18.7. The van der Waals surface area contributed by atoms with Crippen molar-refractivity contribution in [2.45, 2.75) is 6.04 Å². The lowest BCUT2D eigenvalue weighted by Crippen LogP contribution is -2.45. The number of anilines is 1. The fourth-order valence-corrected chi connectivity index (χ4v) is 3.25. The quantitative estimate of drug-likeness (QED) is 0.737. The van der Waals surface area contributed by atoms with Gasteiger partial charge in [0.25, 0.3) is 0 Å². The highest BCUT2D eigenvalue weighted by Crippen LogP contribution is 2.30. The molecule has 4 rings (SSSR count). The first-order valence-corrected chi connectivity index (χ1v) is 8.86. The molecule has 6 heteroatoms. The van der Waals surface area contributed by atoms with Crippen LogP contribution in [0.1, 0.15) is 11.6 Å². The molecule has 0 bridgehead atoms. The highest BCUT2D eigenvalue weighted by Gasteiger charge is 2.34. The Bertz CT molecular complexity index is 1100. The number of nitrogens with zero attached hydrogens (tertiary/aromatic N) is 2. The Balaban J connectivity index is 1.65. The van der Waals surface area contributed by atoms with E-state index in [1.54, 1.807) is 19.2 Å². The molecule has 1 amide bonds. The van der Waals surface area contributed by atoms with Crippen LogP contribution in [-0.2, 0) is 4.79 Å². The van der Waals surface area contributed by atoms with Gasteiger partial charge < -0.3 is 10.1 Å². The van der Waals surface area contributed by atoms with E-state index in [0.717, 1.165) is 22.0 Å². The first-order chi connectivity index (χ1) is 13.7. The van der Waals surface area contributed by atoms with Crippen LogP contribution in [0.5, 0.6) is 5.75 Å². The van der Waals surface area contributed by atoms with Crippen molar-refractivity contribution in [3.8, 4) is 11.8 Å². The second-order valence-electron chi connectivity index (χ2n) is 6.48. The molecule has 0 fully saturated rings. The van der Waals surface area contributed by atoms with Gasteiger partial charge in [0.15, 0.2) is 5.92 Å². The van der Waals surface area contributed by atoms with E-state index >= 15 is 0 Å². The van der Waals surface area contributed by atoms with Crippen molar-refractivity contribution >= 4 is 28.3 Å². The second kappa shape index (κ2) is 7.41. The van der Waals surface area contributed by atoms with Gasteiger partial charge in [-0.25, -0.2) is 4.99 Å². The maximum Gasteiger partial charge on any atom is 0.246 e. The molecule has 0 radical (unpaired) electrons. The third-order valence-electron chi connectivity index (χ3n) is 4.72. The first kappa shape index (κ1) is 17.6. The third-order valence-corrected chi connectivity index (χ3v) is 4.72. The molecular formula is C22H18N4O2. The van der Waals surface area contributed by atoms with Crippen LogP contribution in [-0.4, -0.2) is 19.0 Å². The Kier molecular flexibility index (Phi) is 4.65. The summed E-state index contributed by atoms with van der Waals surface area (Å²) in [4.78, 5) is 17.1. The molecule has 0 saturated carbocycles. The van der Waals surface area contributed by atoms with Gasteiger partial charge in [0.1, 0.15) is 11.8 Å². The monoisotopic (exact) mass is 370 g/mol. The number of ether oxygens (including phenoxy) is 1. The van der Waals surface area contributed by atoms with Crippen molar-refractivity contribution in [1.29, 1.82) is 5.26 Å². The van der Waals surface area contributed by atoms with Crippen molar-refractivity contribution in [3.63, 3.8) is 0 Å². The van der Waals surface area contributed by atoms with Crippen molar-refractivity contribution in [3.05, 3.63) is 72.3 Å². The number of nitrogens with one attached hydrogen (secondary N) is 2. The lowest BCUT2D eigenvalue weighted by atomic mass is 9.92. The van der Waals surface area contributed by atoms with Crippen LogP contribution >= 0.6 is 0 Å². The molecule has 2 unspecified atom stereocenters. The van der Waals surface area contributed by atoms with Crippen LogP contribution in [0.15, 0.2) is 71.7 Å². The van der Waals surface area contributed by atoms with Gasteiger partial charge in [-0.15, -0.1) is 0 Å². The van der Waals surface area contributed by atoms with Crippen LogP contribution < -0.4 is 15.4 Å². The average Bonchev–Trinajstić information content (AvgIpc) is 2.73. The summed E-state index contributed by atoms with van der Waals surface area (Å²) in [6.07, 6.45) is 0. The number of benzene rings is 3. The number of guanidine groups is 1. The molecule has 0 aliphatic carbocycles. The Hall–Kier alpha value is -3.85. The predicted octanol–water partition coefficient (Wildman–Crippen LogP) is 3.63. The minimum atomic E-state index is -0.893. The summed E-state index contributed by atoms with van der Waals surface area (Å²) < 4.78 is 5.17. The van der Waals surface area contributed by atoms with E-state index in [9.17, 15) is 10.1 Å². The van der Waals surface area contributed by atoms with Gasteiger partial charge in [-0.3, -0.25) is 10.1 Å². The van der Waals surface area contributed by atoms with Gasteiger partial charge in [-0.05, 0) is 40.6 Å². The predicted molar refractivity (Wildman–Crippen MR) is 108 cm³/mol. The van der Waals surface area contributed by atoms with Crippen LogP contribution in [0.4, 0.5) is 5.69 Å². The minimum Gasteiger partial charge on any atom is -0.497 e. The number of fused-ring (bicyclic) bond motifs is 1. The Morgan fingerprint density at radius 3 is 2.54 bits per heavy atom. The Labute approximate surface area is 162 Å². The molecule has 28 heavy (non-hydrogen) atoms. The summed E-state index contributed by atoms with van der Waals surface area (Å²) in [7, 11) is 1.59. The van der Waals surface area contributed by atoms with Crippen molar-refractivity contribution in [1.82, 2.24) is 5.32 Å². The summed E-state index contributed by atoms with van der Waals surface area (Å²) in [5.74, 6) is -0.235. The van der Waals surface area contributed by atoms with E-state index in [1.807, 2.05) is 54.6 Å². The number of hydrogen-bond acceptors (Lipinski definition) is 5. The summed E-state index contributed by atoms with van der Waals surface area (Å²) in [5, 5.41) is 17.5. The number of carbonyl (C=O) groups excluding carboxylic acids is 1. The summed E-state index contributed by atoms with van der Waals surface area (Å²) >= 11 is 0. The van der Waals surface area contributed by atoms with E-state index in [-0.39, 0.29) is 5.91 Å². The topological polar surface area (TPSA) is 86.5 Å². The molecular weight excluding hydrogens is 352 g/mol. The molecule has 1 heterocycles. The molecule has 2 N–H and O–H groups in total. The number of methoxy groups -OCH3 is 1. The van der Waals surface area contributed by atoms with E-state index in [2.05, 4.69) is 21.7 Å². The Morgan fingerprint density at radius 1 is 1.07 bits per heavy atom. The fourth-order valence-electron chi connectivity index (χ4n) is 3.25. The number of nitriles is 1. The lowest BCUT2D eigenvalue weighted by molar-refractivity contribution is -0.122.